The Bertz CT molecular complexity index is 1070. The topological polar surface area (TPSA) is 69.7 Å². The lowest BCUT2D eigenvalue weighted by Gasteiger charge is -2.42. The van der Waals surface area contributed by atoms with Crippen molar-refractivity contribution in [1.29, 1.82) is 0 Å². The van der Waals surface area contributed by atoms with Crippen molar-refractivity contribution in [3.8, 4) is 0 Å². The van der Waals surface area contributed by atoms with Gasteiger partial charge in [0.15, 0.2) is 5.78 Å². The van der Waals surface area contributed by atoms with E-state index in [-0.39, 0.29) is 42.8 Å². The number of halogens is 2. The molecule has 200 valence electrons. The van der Waals surface area contributed by atoms with Gasteiger partial charge in [0.05, 0.1) is 12.5 Å². The van der Waals surface area contributed by atoms with Crippen molar-refractivity contribution in [3.63, 3.8) is 0 Å². The minimum atomic E-state index is -2.49. The highest BCUT2D eigenvalue weighted by Crippen LogP contribution is 2.41. The molecule has 0 radical (unpaired) electrons. The summed E-state index contributed by atoms with van der Waals surface area (Å²) in [5, 5.41) is 3.46. The van der Waals surface area contributed by atoms with Crippen molar-refractivity contribution in [1.82, 2.24) is 10.2 Å². The first-order chi connectivity index (χ1) is 17.8. The van der Waals surface area contributed by atoms with E-state index in [1.807, 2.05) is 12.1 Å². The van der Waals surface area contributed by atoms with Crippen LogP contribution in [0.3, 0.4) is 0 Å². The number of carbonyl (C=O) groups is 3. The maximum atomic E-state index is 13.4. The summed E-state index contributed by atoms with van der Waals surface area (Å²) in [4.78, 5) is 42.0. The Balaban J connectivity index is 1.17. The number of alkyl halides is 2. The number of ketones is 2. The highest BCUT2D eigenvalue weighted by Gasteiger charge is 2.46. The van der Waals surface area contributed by atoms with Gasteiger partial charge in [-0.3, -0.25) is 14.4 Å². The highest BCUT2D eigenvalue weighted by atomic mass is 19.3. The third kappa shape index (κ3) is 5.18. The molecule has 1 N–H and O–H groups in total. The second kappa shape index (κ2) is 9.75. The molecule has 1 unspecified atom stereocenters. The van der Waals surface area contributed by atoms with Gasteiger partial charge in [-0.15, -0.1) is 0 Å². The van der Waals surface area contributed by atoms with Gasteiger partial charge in [-0.25, -0.2) is 8.78 Å². The number of fused-ring (bicyclic) bond motifs is 1. The fraction of sp³-hybridized carbons (Fsp3) is 0.690. The van der Waals surface area contributed by atoms with E-state index in [2.05, 4.69) is 16.3 Å². The Hall–Kier alpha value is -2.35. The number of anilines is 1. The van der Waals surface area contributed by atoms with Gasteiger partial charge in [0, 0.05) is 67.3 Å². The molecule has 1 aromatic rings. The Morgan fingerprint density at radius 2 is 1.73 bits per heavy atom. The predicted molar refractivity (Wildman–Crippen MR) is 136 cm³/mol. The molecule has 1 aromatic carbocycles. The van der Waals surface area contributed by atoms with E-state index in [1.165, 1.54) is 12.8 Å². The monoisotopic (exact) mass is 513 g/mol. The van der Waals surface area contributed by atoms with Crippen LogP contribution in [-0.2, 0) is 16.1 Å². The van der Waals surface area contributed by atoms with Crippen molar-refractivity contribution in [2.75, 3.05) is 11.4 Å². The van der Waals surface area contributed by atoms with E-state index in [0.29, 0.717) is 37.0 Å². The third-order valence-electron chi connectivity index (χ3n) is 9.27. The fourth-order valence-corrected chi connectivity index (χ4v) is 6.94. The Labute approximate surface area is 217 Å². The lowest BCUT2D eigenvalue weighted by atomic mass is 9.84. The van der Waals surface area contributed by atoms with Crippen LogP contribution in [0, 0.1) is 5.92 Å². The van der Waals surface area contributed by atoms with Crippen molar-refractivity contribution in [3.05, 3.63) is 29.3 Å². The zero-order valence-corrected chi connectivity index (χ0v) is 21.4. The first-order valence-electron chi connectivity index (χ1n) is 14.2. The summed E-state index contributed by atoms with van der Waals surface area (Å²) in [5.74, 6) is -1.98. The molecule has 1 atom stereocenters. The lowest BCUT2D eigenvalue weighted by molar-refractivity contribution is -0.133. The van der Waals surface area contributed by atoms with Gasteiger partial charge in [0.25, 0.3) is 11.8 Å². The zero-order chi connectivity index (χ0) is 25.7. The number of Topliss-reactive ketones (excluding diaryl/α,β-unsaturated/α-hetero) is 2. The minimum Gasteiger partial charge on any atom is -0.368 e. The number of hydrogen-bond acceptors (Lipinski definition) is 5. The standard InChI is InChI=1S/C29H37F2N3O3/c30-29(31)15-20(16-29)32-19-6-8-21(9-7-19)33(13-12-18-4-5-18)25-3-1-2-23-24(25)17-34(28(23)37)26-11-10-22(35)14-27(26)36/h1-3,18-21,26,32H,4-17H2. The van der Waals surface area contributed by atoms with Gasteiger partial charge in [0.2, 0.25) is 0 Å². The molecule has 6 rings (SSSR count). The molecular weight excluding hydrogens is 476 g/mol. The smallest absolute Gasteiger partial charge is 0.255 e. The van der Waals surface area contributed by atoms with E-state index in [4.69, 9.17) is 0 Å². The third-order valence-corrected chi connectivity index (χ3v) is 9.27. The molecule has 1 amide bonds. The van der Waals surface area contributed by atoms with Crippen LogP contribution in [0.2, 0.25) is 0 Å². The van der Waals surface area contributed by atoms with Gasteiger partial charge in [0.1, 0.15) is 5.78 Å². The zero-order valence-electron chi connectivity index (χ0n) is 21.4. The van der Waals surface area contributed by atoms with Crippen molar-refractivity contribution >= 4 is 23.2 Å². The lowest BCUT2D eigenvalue weighted by Crippen LogP contribution is -2.53. The predicted octanol–water partition coefficient (Wildman–Crippen LogP) is 4.64. The molecule has 1 heterocycles. The van der Waals surface area contributed by atoms with Crippen molar-refractivity contribution in [2.45, 2.75) is 114 Å². The van der Waals surface area contributed by atoms with E-state index in [9.17, 15) is 23.2 Å². The molecule has 4 fully saturated rings. The van der Waals surface area contributed by atoms with Crippen LogP contribution >= 0.6 is 0 Å². The Morgan fingerprint density at radius 3 is 2.41 bits per heavy atom. The second-order valence-corrected chi connectivity index (χ2v) is 12.0. The van der Waals surface area contributed by atoms with Crippen LogP contribution in [0.15, 0.2) is 18.2 Å². The molecule has 5 aliphatic rings. The number of rotatable bonds is 8. The van der Waals surface area contributed by atoms with E-state index < -0.39 is 12.0 Å². The average molecular weight is 514 g/mol. The maximum absolute atomic E-state index is 13.4. The van der Waals surface area contributed by atoms with Crippen molar-refractivity contribution < 1.29 is 23.2 Å². The van der Waals surface area contributed by atoms with Crippen LogP contribution in [0.25, 0.3) is 0 Å². The first kappa shape index (κ1) is 25.0. The van der Waals surface area contributed by atoms with Gasteiger partial charge < -0.3 is 15.1 Å². The summed E-state index contributed by atoms with van der Waals surface area (Å²) in [5.41, 5.74) is 2.79. The van der Waals surface area contributed by atoms with Crippen LogP contribution in [0.1, 0.15) is 93.0 Å². The number of amides is 1. The van der Waals surface area contributed by atoms with E-state index in [1.54, 1.807) is 4.90 Å². The molecule has 0 bridgehead atoms. The molecule has 37 heavy (non-hydrogen) atoms. The van der Waals surface area contributed by atoms with Crippen LogP contribution in [0.4, 0.5) is 14.5 Å². The number of carbonyl (C=O) groups excluding carboxylic acids is 3. The molecule has 1 aliphatic heterocycles. The van der Waals surface area contributed by atoms with Crippen LogP contribution < -0.4 is 10.2 Å². The quantitative estimate of drug-likeness (QED) is 0.513. The van der Waals surface area contributed by atoms with Crippen LogP contribution in [0.5, 0.6) is 0 Å². The molecule has 4 aliphatic carbocycles. The molecule has 8 heteroatoms. The van der Waals surface area contributed by atoms with Gasteiger partial charge in [-0.1, -0.05) is 18.9 Å². The molecule has 6 nitrogen and oxygen atoms in total. The summed E-state index contributed by atoms with van der Waals surface area (Å²) in [6.45, 7) is 1.37. The normalized spacial score (nSPS) is 29.8. The number of hydrogen-bond donors (Lipinski definition) is 1. The molecule has 4 saturated carbocycles. The summed E-state index contributed by atoms with van der Waals surface area (Å²) < 4.78 is 26.5. The number of nitrogens with zero attached hydrogens (tertiary/aromatic N) is 2. The molecule has 0 aromatic heterocycles. The van der Waals surface area contributed by atoms with Crippen molar-refractivity contribution in [2.24, 2.45) is 5.92 Å². The van der Waals surface area contributed by atoms with Gasteiger partial charge >= 0.3 is 0 Å². The Morgan fingerprint density at radius 1 is 0.973 bits per heavy atom. The first-order valence-corrected chi connectivity index (χ1v) is 14.2. The largest absolute Gasteiger partial charge is 0.368 e. The number of benzene rings is 1. The average Bonchev–Trinajstić information content (AvgIpc) is 3.62. The summed E-state index contributed by atoms with van der Waals surface area (Å²) in [7, 11) is 0. The van der Waals surface area contributed by atoms with Gasteiger partial charge in [-0.05, 0) is 56.6 Å². The molecular formula is C29H37F2N3O3. The SMILES string of the molecule is O=C1CCC(N2Cc3c(cccc3N(CCC3CC3)C3CCC(NC4CC(F)(F)C4)CC3)C2=O)C(=O)C1. The maximum Gasteiger partial charge on any atom is 0.255 e. The molecule has 0 saturated heterocycles. The highest BCUT2D eigenvalue weighted by molar-refractivity contribution is 6.08. The summed E-state index contributed by atoms with van der Waals surface area (Å²) in [6, 6.07) is 6.02. The van der Waals surface area contributed by atoms with E-state index >= 15 is 0 Å². The minimum absolute atomic E-state index is 0.0338. The summed E-state index contributed by atoms with van der Waals surface area (Å²) >= 11 is 0. The van der Waals surface area contributed by atoms with E-state index in [0.717, 1.165) is 55.8 Å². The number of nitrogens with one attached hydrogen (secondary N) is 1. The fourth-order valence-electron chi connectivity index (χ4n) is 6.94. The summed E-state index contributed by atoms with van der Waals surface area (Å²) in [6.07, 6.45) is 8.27. The second-order valence-electron chi connectivity index (χ2n) is 12.0. The Kier molecular flexibility index (Phi) is 6.58. The van der Waals surface area contributed by atoms with Gasteiger partial charge in [-0.2, -0.15) is 0 Å². The molecule has 0 spiro atoms. The van der Waals surface area contributed by atoms with Crippen LogP contribution in [-0.4, -0.2) is 59.0 Å².